The molecule has 2 aromatic heterocycles. The third kappa shape index (κ3) is 3.36. The third-order valence-electron chi connectivity index (χ3n) is 3.85. The smallest absolute Gasteiger partial charge is 0.160 e. The molecule has 1 fully saturated rings. The molecule has 1 saturated heterocycles. The molecule has 1 unspecified atom stereocenters. The molecular weight excluding hydrogens is 288 g/mol. The molecule has 0 radical (unpaired) electrons. The molecule has 5 nitrogen and oxygen atoms in total. The number of ether oxygens (including phenoxy) is 1. The van der Waals surface area contributed by atoms with Gasteiger partial charge in [0.2, 0.25) is 0 Å². The molecule has 2 aromatic rings. The summed E-state index contributed by atoms with van der Waals surface area (Å²) in [6.07, 6.45) is 2.88. The van der Waals surface area contributed by atoms with Crippen LogP contribution in [0.3, 0.4) is 0 Å². The molecule has 21 heavy (non-hydrogen) atoms. The maximum Gasteiger partial charge on any atom is 0.160 e. The van der Waals surface area contributed by atoms with E-state index >= 15 is 0 Å². The third-order valence-corrected chi connectivity index (χ3v) is 4.04. The molecule has 0 spiro atoms. The summed E-state index contributed by atoms with van der Waals surface area (Å²) in [6, 6.07) is 3.90. The SMILES string of the molecule is CC(Cl)c1nc2cccnc2n1CCCN1CCOCC1. The highest BCUT2D eigenvalue weighted by Gasteiger charge is 2.16. The second-order valence-electron chi connectivity index (χ2n) is 5.39. The minimum absolute atomic E-state index is 0.109. The first-order chi connectivity index (χ1) is 10.3. The summed E-state index contributed by atoms with van der Waals surface area (Å²) in [7, 11) is 0. The van der Waals surface area contributed by atoms with E-state index in [1.165, 1.54) is 0 Å². The minimum Gasteiger partial charge on any atom is -0.379 e. The molecule has 1 aliphatic heterocycles. The van der Waals surface area contributed by atoms with Crippen molar-refractivity contribution >= 4 is 22.8 Å². The largest absolute Gasteiger partial charge is 0.379 e. The van der Waals surface area contributed by atoms with Gasteiger partial charge in [0, 0.05) is 32.4 Å². The number of pyridine rings is 1. The van der Waals surface area contributed by atoms with Crippen molar-refractivity contribution < 1.29 is 4.74 Å². The van der Waals surface area contributed by atoms with Gasteiger partial charge in [-0.15, -0.1) is 11.6 Å². The summed E-state index contributed by atoms with van der Waals surface area (Å²) in [4.78, 5) is 11.5. The average molecular weight is 309 g/mol. The molecule has 0 N–H and O–H groups in total. The monoisotopic (exact) mass is 308 g/mol. The molecular formula is C15H21ClN4O. The highest BCUT2D eigenvalue weighted by molar-refractivity contribution is 6.20. The van der Waals surface area contributed by atoms with E-state index in [0.717, 1.165) is 62.8 Å². The maximum absolute atomic E-state index is 6.27. The number of hydrogen-bond acceptors (Lipinski definition) is 4. The molecule has 3 rings (SSSR count). The lowest BCUT2D eigenvalue weighted by atomic mass is 10.3. The Kier molecular flexibility index (Phi) is 4.73. The van der Waals surface area contributed by atoms with E-state index in [0.29, 0.717) is 0 Å². The zero-order chi connectivity index (χ0) is 14.7. The average Bonchev–Trinajstić information content (AvgIpc) is 2.88. The van der Waals surface area contributed by atoms with E-state index < -0.39 is 0 Å². The van der Waals surface area contributed by atoms with E-state index in [9.17, 15) is 0 Å². The van der Waals surface area contributed by atoms with Gasteiger partial charge in [-0.2, -0.15) is 0 Å². The second kappa shape index (κ2) is 6.73. The second-order valence-corrected chi connectivity index (χ2v) is 6.05. The van der Waals surface area contributed by atoms with Crippen molar-refractivity contribution in [3.8, 4) is 0 Å². The zero-order valence-corrected chi connectivity index (χ0v) is 13.1. The molecule has 6 heteroatoms. The van der Waals surface area contributed by atoms with Gasteiger partial charge in [-0.05, 0) is 25.5 Å². The topological polar surface area (TPSA) is 43.2 Å². The Bertz CT molecular complexity index is 592. The van der Waals surface area contributed by atoms with Crippen LogP contribution in [0.2, 0.25) is 0 Å². The van der Waals surface area contributed by atoms with E-state index in [4.69, 9.17) is 16.3 Å². The number of morpholine rings is 1. The number of halogens is 1. The van der Waals surface area contributed by atoms with Gasteiger partial charge in [0.15, 0.2) is 5.65 Å². The fourth-order valence-corrected chi connectivity index (χ4v) is 2.94. The molecule has 0 aliphatic carbocycles. The van der Waals surface area contributed by atoms with Crippen molar-refractivity contribution in [1.29, 1.82) is 0 Å². The normalized spacial score (nSPS) is 18.2. The van der Waals surface area contributed by atoms with Crippen LogP contribution in [0.25, 0.3) is 11.2 Å². The summed E-state index contributed by atoms with van der Waals surface area (Å²) < 4.78 is 7.54. The van der Waals surface area contributed by atoms with Gasteiger partial charge in [0.05, 0.1) is 18.6 Å². The van der Waals surface area contributed by atoms with Crippen LogP contribution in [0.5, 0.6) is 0 Å². The Morgan fingerprint density at radius 1 is 1.33 bits per heavy atom. The predicted octanol–water partition coefficient (Wildman–Crippen LogP) is 2.45. The quantitative estimate of drug-likeness (QED) is 0.796. The van der Waals surface area contributed by atoms with Gasteiger partial charge < -0.3 is 9.30 Å². The van der Waals surface area contributed by atoms with Gasteiger partial charge >= 0.3 is 0 Å². The van der Waals surface area contributed by atoms with Crippen molar-refractivity contribution in [1.82, 2.24) is 19.4 Å². The van der Waals surface area contributed by atoms with E-state index in [2.05, 4.69) is 19.4 Å². The van der Waals surface area contributed by atoms with Crippen LogP contribution in [0.15, 0.2) is 18.3 Å². The Labute approximate surface area is 129 Å². The van der Waals surface area contributed by atoms with Crippen LogP contribution < -0.4 is 0 Å². The zero-order valence-electron chi connectivity index (χ0n) is 12.3. The number of aromatic nitrogens is 3. The number of hydrogen-bond donors (Lipinski definition) is 0. The number of rotatable bonds is 5. The lowest BCUT2D eigenvalue weighted by molar-refractivity contribution is 0.0369. The van der Waals surface area contributed by atoms with E-state index in [-0.39, 0.29) is 5.38 Å². The lowest BCUT2D eigenvalue weighted by Gasteiger charge is -2.26. The first-order valence-corrected chi connectivity index (χ1v) is 7.94. The Balaban J connectivity index is 1.71. The highest BCUT2D eigenvalue weighted by Crippen LogP contribution is 2.23. The first-order valence-electron chi connectivity index (χ1n) is 7.51. The summed E-state index contributed by atoms with van der Waals surface area (Å²) >= 11 is 6.27. The van der Waals surface area contributed by atoms with Crippen molar-refractivity contribution in [2.45, 2.75) is 25.3 Å². The van der Waals surface area contributed by atoms with Gasteiger partial charge in [-0.3, -0.25) is 4.90 Å². The van der Waals surface area contributed by atoms with Gasteiger partial charge in [-0.25, -0.2) is 9.97 Å². The molecule has 1 aliphatic rings. The van der Waals surface area contributed by atoms with Gasteiger partial charge in [0.1, 0.15) is 11.3 Å². The van der Waals surface area contributed by atoms with Crippen LogP contribution in [-0.2, 0) is 11.3 Å². The fraction of sp³-hybridized carbons (Fsp3) is 0.600. The van der Waals surface area contributed by atoms with Crippen molar-refractivity contribution in [3.05, 3.63) is 24.2 Å². The Hall–Kier alpha value is -1.17. The standard InChI is InChI=1S/C15H21ClN4O/c1-12(16)14-18-13-4-2-5-17-15(13)20(14)7-3-6-19-8-10-21-11-9-19/h2,4-5,12H,3,6-11H2,1H3. The van der Waals surface area contributed by atoms with Crippen molar-refractivity contribution in [3.63, 3.8) is 0 Å². The summed E-state index contributed by atoms with van der Waals surface area (Å²) in [5.74, 6) is 0.910. The van der Waals surface area contributed by atoms with Crippen LogP contribution in [-0.4, -0.2) is 52.3 Å². The Morgan fingerprint density at radius 3 is 2.90 bits per heavy atom. The highest BCUT2D eigenvalue weighted by atomic mass is 35.5. The molecule has 0 bridgehead atoms. The number of aryl methyl sites for hydroxylation is 1. The van der Waals surface area contributed by atoms with Crippen molar-refractivity contribution in [2.24, 2.45) is 0 Å². The molecule has 114 valence electrons. The van der Waals surface area contributed by atoms with Gasteiger partial charge in [-0.1, -0.05) is 0 Å². The first kappa shape index (κ1) is 14.8. The molecule has 3 heterocycles. The molecule has 0 saturated carbocycles. The van der Waals surface area contributed by atoms with Crippen LogP contribution in [0.4, 0.5) is 0 Å². The summed E-state index contributed by atoms with van der Waals surface area (Å²) in [5.41, 5.74) is 1.85. The summed E-state index contributed by atoms with van der Waals surface area (Å²) in [5, 5.41) is -0.109. The minimum atomic E-state index is -0.109. The van der Waals surface area contributed by atoms with Gasteiger partial charge in [0.25, 0.3) is 0 Å². The number of nitrogens with zero attached hydrogens (tertiary/aromatic N) is 4. The molecule has 0 aromatic carbocycles. The predicted molar refractivity (Wildman–Crippen MR) is 83.7 cm³/mol. The van der Waals surface area contributed by atoms with Crippen LogP contribution in [0, 0.1) is 0 Å². The summed E-state index contributed by atoms with van der Waals surface area (Å²) in [6.45, 7) is 7.69. The van der Waals surface area contributed by atoms with E-state index in [1.807, 2.05) is 25.3 Å². The van der Waals surface area contributed by atoms with Crippen LogP contribution >= 0.6 is 11.6 Å². The number of imidazole rings is 1. The molecule has 1 atom stereocenters. The van der Waals surface area contributed by atoms with Crippen molar-refractivity contribution in [2.75, 3.05) is 32.8 Å². The maximum atomic E-state index is 6.27. The van der Waals surface area contributed by atoms with E-state index in [1.54, 1.807) is 0 Å². The fourth-order valence-electron chi connectivity index (χ4n) is 2.78. The molecule has 0 amide bonds. The number of fused-ring (bicyclic) bond motifs is 1. The number of alkyl halides is 1. The Morgan fingerprint density at radius 2 is 2.14 bits per heavy atom. The van der Waals surface area contributed by atoms with Crippen LogP contribution in [0.1, 0.15) is 24.5 Å². The lowest BCUT2D eigenvalue weighted by Crippen LogP contribution is -2.37.